The Labute approximate surface area is 185 Å². The molecule has 0 aromatic heterocycles. The van der Waals surface area contributed by atoms with Gasteiger partial charge in [0.1, 0.15) is 6.61 Å². The molecule has 2 atom stereocenters. The number of nitrogens with one attached hydrogen (secondary N) is 3. The average molecular weight is 419 g/mol. The van der Waals surface area contributed by atoms with Gasteiger partial charge >= 0.3 is 25.0 Å². The molecule has 2 amide bonds. The van der Waals surface area contributed by atoms with Crippen molar-refractivity contribution in [1.29, 1.82) is 0 Å². The minimum Gasteiger partial charge on any atom is -0.787 e. The second kappa shape index (κ2) is 14.7. The predicted octanol–water partition coefficient (Wildman–Crippen LogP) is -0.652. The maximum atomic E-state index is 12.3. The summed E-state index contributed by atoms with van der Waals surface area (Å²) >= 11 is 0. The second-order valence-electron chi connectivity index (χ2n) is 7.03. The van der Waals surface area contributed by atoms with Crippen molar-refractivity contribution in [2.75, 3.05) is 12.8 Å². The molecule has 0 bridgehead atoms. The molecule has 0 spiro atoms. The van der Waals surface area contributed by atoms with E-state index in [4.69, 9.17) is 4.74 Å². The Kier molecular flexibility index (Phi) is 14.0. The number of amides is 2. The van der Waals surface area contributed by atoms with Crippen molar-refractivity contribution in [3.05, 3.63) is 35.9 Å². The summed E-state index contributed by atoms with van der Waals surface area (Å²) in [6.07, 6.45) is 0.636. The predicted molar refractivity (Wildman–Crippen MR) is 107 cm³/mol. The van der Waals surface area contributed by atoms with E-state index in [1.165, 1.54) is 0 Å². The van der Waals surface area contributed by atoms with E-state index in [-0.39, 0.29) is 37.3 Å². The Morgan fingerprint density at radius 3 is 2.41 bits per heavy atom. The largest absolute Gasteiger partial charge is 1.00 e. The van der Waals surface area contributed by atoms with Gasteiger partial charge in [-0.15, -0.1) is 0 Å². The summed E-state index contributed by atoms with van der Waals surface area (Å²) in [7, 11) is -4.22. The molecule has 0 aliphatic carbocycles. The molecule has 1 unspecified atom stereocenters. The van der Waals surface area contributed by atoms with Gasteiger partial charge in [0.2, 0.25) is 5.91 Å². The minimum atomic E-state index is -4.22. The maximum absolute atomic E-state index is 12.3. The summed E-state index contributed by atoms with van der Waals surface area (Å²) in [6, 6.07) is 8.18. The van der Waals surface area contributed by atoms with Gasteiger partial charge in [0.25, 0.3) is 0 Å². The Morgan fingerprint density at radius 1 is 1.17 bits per heavy atom. The molecule has 10 heteroatoms. The second-order valence-corrected chi connectivity index (χ2v) is 8.95. The minimum absolute atomic E-state index is 0. The first kappa shape index (κ1) is 27.7. The zero-order valence-electron chi connectivity index (χ0n) is 17.8. The van der Waals surface area contributed by atoms with Gasteiger partial charge in [-0.1, -0.05) is 57.5 Å². The molecular weight excluding hydrogens is 388 g/mol. The van der Waals surface area contributed by atoms with Crippen LogP contribution in [0.4, 0.5) is 4.79 Å². The Morgan fingerprint density at radius 2 is 1.83 bits per heavy atom. The van der Waals surface area contributed by atoms with Crippen LogP contribution in [0, 0.1) is 5.92 Å². The molecule has 0 saturated heterocycles. The summed E-state index contributed by atoms with van der Waals surface area (Å²) in [4.78, 5) is 36.3. The number of benzene rings is 1. The monoisotopic (exact) mass is 419 g/mol. The van der Waals surface area contributed by atoms with E-state index in [1.807, 2.05) is 39.0 Å². The third-order valence-corrected chi connectivity index (χ3v) is 5.13. The number of carbonyl (C=O) groups is 2. The zero-order chi connectivity index (χ0) is 21.0. The summed E-state index contributed by atoms with van der Waals surface area (Å²) < 4.78 is 17.3. The summed E-state index contributed by atoms with van der Waals surface area (Å²) in [6.45, 7) is 6.36. The molecule has 1 aromatic carbocycles. The molecule has 0 radical (unpaired) electrons. The van der Waals surface area contributed by atoms with Crippen molar-refractivity contribution < 1.29 is 42.6 Å². The van der Waals surface area contributed by atoms with Gasteiger partial charge < -0.3 is 24.8 Å². The van der Waals surface area contributed by atoms with Crippen molar-refractivity contribution in [3.8, 4) is 0 Å². The van der Waals surface area contributed by atoms with Gasteiger partial charge in [-0.2, -0.15) is 0 Å². The van der Waals surface area contributed by atoms with Gasteiger partial charge in [-0.05, 0) is 24.3 Å². The molecule has 8 nitrogen and oxygen atoms in total. The molecular formula is C19H31LiN3O5P. The number of hydrogen-bond acceptors (Lipinski definition) is 5. The average Bonchev–Trinajstić information content (AvgIpc) is 2.64. The van der Waals surface area contributed by atoms with Crippen LogP contribution in [0.3, 0.4) is 0 Å². The number of alkyl carbamates (subject to hydrolysis) is 1. The van der Waals surface area contributed by atoms with Crippen LogP contribution < -0.4 is 39.5 Å². The van der Waals surface area contributed by atoms with Crippen LogP contribution in [0.1, 0.15) is 45.6 Å². The Hall–Kier alpha value is -1.29. The van der Waals surface area contributed by atoms with Gasteiger partial charge in [0, 0.05) is 6.54 Å². The Balaban J connectivity index is 0.00000784. The van der Waals surface area contributed by atoms with Crippen LogP contribution >= 0.6 is 7.52 Å². The maximum Gasteiger partial charge on any atom is 1.00 e. The van der Waals surface area contributed by atoms with Gasteiger partial charge in [-0.3, -0.25) is 9.88 Å². The first-order chi connectivity index (χ1) is 13.2. The molecule has 3 N–H and O–H groups in total. The topological polar surface area (TPSA) is 120 Å². The number of carbonyl (C=O) groups excluding carboxylic acids is 2. The summed E-state index contributed by atoms with van der Waals surface area (Å²) in [5.41, 5.74) is 0.793. The van der Waals surface area contributed by atoms with Crippen molar-refractivity contribution in [2.24, 2.45) is 5.92 Å². The van der Waals surface area contributed by atoms with E-state index >= 15 is 0 Å². The van der Waals surface area contributed by atoms with Crippen molar-refractivity contribution >= 4 is 19.5 Å². The summed E-state index contributed by atoms with van der Waals surface area (Å²) in [5, 5.41) is 7.35. The molecule has 0 aliphatic heterocycles. The standard InChI is InChI=1S/C19H32N3O5P.Li/c1-4-5-11-20-18(23)17(12-15(2)3)22-28(25,26)14-21-19(24)27-13-16-9-7-6-8-10-16;/h6-10,15,17H,4-5,11-14H2,1-3H3,(H,20,23)(H,21,24)(H2,22,25,26);/q;+1/p-1/t17-;/m0./s1. The van der Waals surface area contributed by atoms with Crippen LogP contribution in [0.5, 0.6) is 0 Å². The van der Waals surface area contributed by atoms with Crippen LogP contribution in [0.25, 0.3) is 0 Å². The van der Waals surface area contributed by atoms with Crippen LogP contribution in [-0.2, 0) is 20.7 Å². The van der Waals surface area contributed by atoms with Gasteiger partial charge in [0.15, 0.2) is 0 Å². The Bertz CT molecular complexity index is 661. The van der Waals surface area contributed by atoms with Crippen molar-refractivity contribution in [3.63, 3.8) is 0 Å². The van der Waals surface area contributed by atoms with E-state index in [0.717, 1.165) is 18.4 Å². The third kappa shape index (κ3) is 12.8. The fourth-order valence-corrected chi connectivity index (χ4v) is 3.55. The van der Waals surface area contributed by atoms with Crippen molar-refractivity contribution in [2.45, 2.75) is 52.7 Å². The van der Waals surface area contributed by atoms with E-state index < -0.39 is 25.9 Å². The molecule has 0 saturated carbocycles. The third-order valence-electron chi connectivity index (χ3n) is 3.85. The normalized spacial score (nSPS) is 13.7. The number of ether oxygens (including phenoxy) is 1. The van der Waals surface area contributed by atoms with Crippen LogP contribution in [0.15, 0.2) is 30.3 Å². The SMILES string of the molecule is CCCCNC(=O)[C@H](CC(C)C)NP(=O)([O-])CNC(=O)OCc1ccccc1.[Li+]. The van der Waals surface area contributed by atoms with Crippen LogP contribution in [-0.4, -0.2) is 30.9 Å². The zero-order valence-corrected chi connectivity index (χ0v) is 18.7. The molecule has 29 heavy (non-hydrogen) atoms. The quantitative estimate of drug-likeness (QED) is 0.235. The molecule has 158 valence electrons. The fraction of sp³-hybridized carbons (Fsp3) is 0.579. The van der Waals surface area contributed by atoms with Gasteiger partial charge in [-0.25, -0.2) is 4.79 Å². The molecule has 0 fully saturated rings. The first-order valence-corrected chi connectivity index (χ1v) is 11.3. The molecule has 0 heterocycles. The first-order valence-electron chi connectivity index (χ1n) is 9.53. The van der Waals surface area contributed by atoms with E-state index in [2.05, 4.69) is 15.7 Å². The number of unbranched alkanes of at least 4 members (excludes halogenated alkanes) is 1. The smallest absolute Gasteiger partial charge is 0.787 e. The van der Waals surface area contributed by atoms with E-state index in [1.54, 1.807) is 12.1 Å². The van der Waals surface area contributed by atoms with E-state index in [0.29, 0.717) is 13.0 Å². The van der Waals surface area contributed by atoms with Crippen molar-refractivity contribution in [1.82, 2.24) is 15.7 Å². The number of rotatable bonds is 12. The fourth-order valence-electron chi connectivity index (χ4n) is 2.43. The molecule has 0 aliphatic rings. The number of hydrogen-bond donors (Lipinski definition) is 3. The molecule has 1 aromatic rings. The van der Waals surface area contributed by atoms with Crippen LogP contribution in [0.2, 0.25) is 0 Å². The molecule has 1 rings (SSSR count). The van der Waals surface area contributed by atoms with E-state index in [9.17, 15) is 19.0 Å². The summed E-state index contributed by atoms with van der Waals surface area (Å²) in [5.74, 6) is -0.233. The van der Waals surface area contributed by atoms with Gasteiger partial charge in [0.05, 0.1) is 19.8 Å².